The van der Waals surface area contributed by atoms with Gasteiger partial charge in [0.05, 0.1) is 6.10 Å². The Balaban J connectivity index is 1.90. The van der Waals surface area contributed by atoms with E-state index in [4.69, 9.17) is 10.5 Å². The van der Waals surface area contributed by atoms with Gasteiger partial charge in [0.2, 0.25) is 0 Å². The molecule has 0 heterocycles. The molecule has 0 saturated heterocycles. The lowest BCUT2D eigenvalue weighted by Crippen LogP contribution is -2.22. The van der Waals surface area contributed by atoms with Crippen molar-refractivity contribution in [1.82, 2.24) is 0 Å². The molecule has 11 heavy (non-hydrogen) atoms. The smallest absolute Gasteiger partial charge is 0.0693 e. The highest BCUT2D eigenvalue weighted by Gasteiger charge is 2.20. The number of hydrogen-bond acceptors (Lipinski definition) is 2. The van der Waals surface area contributed by atoms with Crippen molar-refractivity contribution in [3.8, 4) is 0 Å². The summed E-state index contributed by atoms with van der Waals surface area (Å²) >= 11 is 0. The van der Waals surface area contributed by atoms with Gasteiger partial charge in [0.1, 0.15) is 0 Å². The lowest BCUT2D eigenvalue weighted by molar-refractivity contribution is 0.0994. The first-order valence-corrected chi connectivity index (χ1v) is 4.59. The van der Waals surface area contributed by atoms with Gasteiger partial charge in [-0.15, -0.1) is 0 Å². The summed E-state index contributed by atoms with van der Waals surface area (Å²) in [6.07, 6.45) is 7.04. The van der Waals surface area contributed by atoms with Gasteiger partial charge in [-0.05, 0) is 12.3 Å². The predicted octanol–water partition coefficient (Wildman–Crippen LogP) is 1.54. The van der Waals surface area contributed by atoms with Crippen LogP contribution in [-0.2, 0) is 4.74 Å². The van der Waals surface area contributed by atoms with Gasteiger partial charge in [0, 0.05) is 13.7 Å². The van der Waals surface area contributed by atoms with Crippen LogP contribution in [0, 0.1) is 5.92 Å². The Bertz CT molecular complexity index is 97.7. The quantitative estimate of drug-likeness (QED) is 0.634. The third-order valence-electron chi connectivity index (χ3n) is 2.43. The molecule has 2 N–H and O–H groups in total. The Labute approximate surface area is 69.1 Å². The molecule has 1 rings (SSSR count). The fourth-order valence-electron chi connectivity index (χ4n) is 1.37. The minimum atomic E-state index is 0.300. The van der Waals surface area contributed by atoms with Gasteiger partial charge in [-0.2, -0.15) is 0 Å². The van der Waals surface area contributed by atoms with E-state index in [1.807, 2.05) is 0 Å². The first kappa shape index (κ1) is 9.01. The summed E-state index contributed by atoms with van der Waals surface area (Å²) in [5, 5.41) is 0. The van der Waals surface area contributed by atoms with E-state index in [0.717, 1.165) is 12.3 Å². The van der Waals surface area contributed by atoms with E-state index in [9.17, 15) is 0 Å². The van der Waals surface area contributed by atoms with E-state index >= 15 is 0 Å². The zero-order valence-corrected chi connectivity index (χ0v) is 7.38. The largest absolute Gasteiger partial charge is 0.380 e. The summed E-state index contributed by atoms with van der Waals surface area (Å²) in [7, 11) is 1.74. The standard InChI is InChI=1S/C9H19NO/c1-11-9(7-10)4-2-3-8-5-6-8/h8-9H,2-7,10H2,1H3. The van der Waals surface area contributed by atoms with Crippen molar-refractivity contribution in [3.05, 3.63) is 0 Å². The van der Waals surface area contributed by atoms with E-state index in [-0.39, 0.29) is 0 Å². The molecule has 0 amide bonds. The molecule has 0 aromatic carbocycles. The molecule has 66 valence electrons. The zero-order valence-electron chi connectivity index (χ0n) is 7.38. The minimum absolute atomic E-state index is 0.300. The second-order valence-corrected chi connectivity index (χ2v) is 3.47. The first-order valence-electron chi connectivity index (χ1n) is 4.59. The molecule has 1 aliphatic rings. The average Bonchev–Trinajstić information content (AvgIpc) is 2.82. The molecule has 0 bridgehead atoms. The van der Waals surface area contributed by atoms with Crippen LogP contribution in [0.4, 0.5) is 0 Å². The van der Waals surface area contributed by atoms with Crippen LogP contribution in [0.1, 0.15) is 32.1 Å². The maximum atomic E-state index is 5.49. The molecule has 0 aromatic heterocycles. The molecular formula is C9H19NO. The highest BCUT2D eigenvalue weighted by atomic mass is 16.5. The van der Waals surface area contributed by atoms with Crippen molar-refractivity contribution >= 4 is 0 Å². The summed E-state index contributed by atoms with van der Waals surface area (Å²) in [5.41, 5.74) is 5.49. The Morgan fingerprint density at radius 3 is 2.73 bits per heavy atom. The van der Waals surface area contributed by atoms with Gasteiger partial charge in [-0.1, -0.05) is 25.7 Å². The third kappa shape index (κ3) is 3.73. The number of hydrogen-bond donors (Lipinski definition) is 1. The van der Waals surface area contributed by atoms with Gasteiger partial charge < -0.3 is 10.5 Å². The van der Waals surface area contributed by atoms with Crippen LogP contribution in [0.15, 0.2) is 0 Å². The van der Waals surface area contributed by atoms with Crippen molar-refractivity contribution in [3.63, 3.8) is 0 Å². The molecule has 1 saturated carbocycles. The maximum absolute atomic E-state index is 5.49. The average molecular weight is 157 g/mol. The lowest BCUT2D eigenvalue weighted by atomic mass is 10.1. The van der Waals surface area contributed by atoms with Crippen LogP contribution < -0.4 is 5.73 Å². The molecule has 0 aromatic rings. The van der Waals surface area contributed by atoms with E-state index in [2.05, 4.69) is 0 Å². The number of ether oxygens (including phenoxy) is 1. The number of nitrogens with two attached hydrogens (primary N) is 1. The van der Waals surface area contributed by atoms with Crippen LogP contribution in [0.2, 0.25) is 0 Å². The molecule has 0 radical (unpaired) electrons. The van der Waals surface area contributed by atoms with Crippen molar-refractivity contribution in [2.24, 2.45) is 11.7 Å². The Kier molecular flexibility index (Phi) is 3.87. The van der Waals surface area contributed by atoms with E-state index < -0.39 is 0 Å². The fourth-order valence-corrected chi connectivity index (χ4v) is 1.37. The third-order valence-corrected chi connectivity index (χ3v) is 2.43. The highest BCUT2D eigenvalue weighted by molar-refractivity contribution is 4.73. The molecule has 0 spiro atoms. The van der Waals surface area contributed by atoms with Crippen molar-refractivity contribution in [2.75, 3.05) is 13.7 Å². The van der Waals surface area contributed by atoms with Crippen molar-refractivity contribution in [1.29, 1.82) is 0 Å². The topological polar surface area (TPSA) is 35.2 Å². The monoisotopic (exact) mass is 157 g/mol. The first-order chi connectivity index (χ1) is 5.36. The summed E-state index contributed by atoms with van der Waals surface area (Å²) in [5.74, 6) is 1.05. The Hall–Kier alpha value is -0.0800. The lowest BCUT2D eigenvalue weighted by Gasteiger charge is -2.11. The normalized spacial score (nSPS) is 20.2. The van der Waals surface area contributed by atoms with Crippen LogP contribution >= 0.6 is 0 Å². The molecule has 0 aliphatic heterocycles. The number of methoxy groups -OCH3 is 1. The van der Waals surface area contributed by atoms with Crippen LogP contribution in [0.3, 0.4) is 0 Å². The van der Waals surface area contributed by atoms with E-state index in [1.165, 1.54) is 25.7 Å². The molecule has 1 aliphatic carbocycles. The van der Waals surface area contributed by atoms with E-state index in [0.29, 0.717) is 12.6 Å². The van der Waals surface area contributed by atoms with Crippen LogP contribution in [0.5, 0.6) is 0 Å². The molecule has 1 fully saturated rings. The predicted molar refractivity (Wildman–Crippen MR) is 46.4 cm³/mol. The summed E-state index contributed by atoms with van der Waals surface area (Å²) in [4.78, 5) is 0. The summed E-state index contributed by atoms with van der Waals surface area (Å²) in [6, 6.07) is 0. The minimum Gasteiger partial charge on any atom is -0.380 e. The van der Waals surface area contributed by atoms with Gasteiger partial charge in [-0.3, -0.25) is 0 Å². The van der Waals surface area contributed by atoms with Crippen molar-refractivity contribution < 1.29 is 4.74 Å². The SMILES string of the molecule is COC(CN)CCCC1CC1. The Morgan fingerprint density at radius 1 is 1.55 bits per heavy atom. The second kappa shape index (κ2) is 4.73. The molecule has 1 unspecified atom stereocenters. The van der Waals surface area contributed by atoms with Gasteiger partial charge >= 0.3 is 0 Å². The van der Waals surface area contributed by atoms with E-state index in [1.54, 1.807) is 7.11 Å². The second-order valence-electron chi connectivity index (χ2n) is 3.47. The van der Waals surface area contributed by atoms with Gasteiger partial charge in [0.25, 0.3) is 0 Å². The maximum Gasteiger partial charge on any atom is 0.0693 e. The fraction of sp³-hybridized carbons (Fsp3) is 1.00. The zero-order chi connectivity index (χ0) is 8.10. The summed E-state index contributed by atoms with van der Waals surface area (Å²) < 4.78 is 5.18. The summed E-state index contributed by atoms with van der Waals surface area (Å²) in [6.45, 7) is 0.668. The van der Waals surface area contributed by atoms with Crippen molar-refractivity contribution in [2.45, 2.75) is 38.2 Å². The number of rotatable bonds is 6. The van der Waals surface area contributed by atoms with Gasteiger partial charge in [0.15, 0.2) is 0 Å². The van der Waals surface area contributed by atoms with Crippen LogP contribution in [0.25, 0.3) is 0 Å². The molecule has 2 nitrogen and oxygen atoms in total. The molecular weight excluding hydrogens is 138 g/mol. The Morgan fingerprint density at radius 2 is 2.27 bits per heavy atom. The molecule has 2 heteroatoms. The highest BCUT2D eigenvalue weighted by Crippen LogP contribution is 2.34. The van der Waals surface area contributed by atoms with Crippen LogP contribution in [-0.4, -0.2) is 19.8 Å². The molecule has 1 atom stereocenters. The van der Waals surface area contributed by atoms with Gasteiger partial charge in [-0.25, -0.2) is 0 Å².